The average molecular weight is 448 g/mol. The maximum Gasteiger partial charge on any atom is 0.417 e. The minimum Gasteiger partial charge on any atom is -0.355 e. The van der Waals surface area contributed by atoms with Crippen molar-refractivity contribution in [1.82, 2.24) is 9.88 Å². The third-order valence-electron chi connectivity index (χ3n) is 6.18. The first-order valence-corrected chi connectivity index (χ1v) is 10.7. The summed E-state index contributed by atoms with van der Waals surface area (Å²) in [6.07, 6.45) is -0.787. The Morgan fingerprint density at radius 3 is 2.27 bits per heavy atom. The molecule has 3 aliphatic heterocycles. The fraction of sp³-hybridized carbons (Fsp3) is 0.700. The highest BCUT2D eigenvalue weighted by atomic mass is 35.5. The van der Waals surface area contributed by atoms with Gasteiger partial charge in [0.25, 0.3) is 0 Å². The van der Waals surface area contributed by atoms with E-state index >= 15 is 0 Å². The van der Waals surface area contributed by atoms with Crippen LogP contribution in [0.25, 0.3) is 0 Å². The van der Waals surface area contributed by atoms with Gasteiger partial charge in [0, 0.05) is 44.2 Å². The van der Waals surface area contributed by atoms with Crippen molar-refractivity contribution in [2.24, 2.45) is 11.8 Å². The molecule has 10 heteroatoms. The van der Waals surface area contributed by atoms with Gasteiger partial charge in [0.1, 0.15) is 5.82 Å². The number of alkyl halides is 3. The number of likely N-dealkylation sites (tertiary alicyclic amines) is 1. The number of rotatable bonds is 3. The predicted molar refractivity (Wildman–Crippen MR) is 104 cm³/mol. The summed E-state index contributed by atoms with van der Waals surface area (Å²) in [7, 11) is 0. The van der Waals surface area contributed by atoms with Crippen LogP contribution in [0.5, 0.6) is 0 Å². The quantitative estimate of drug-likeness (QED) is 0.709. The van der Waals surface area contributed by atoms with Gasteiger partial charge in [-0.15, -0.1) is 0 Å². The highest BCUT2D eigenvalue weighted by molar-refractivity contribution is 6.33. The van der Waals surface area contributed by atoms with E-state index in [1.807, 2.05) is 9.80 Å². The van der Waals surface area contributed by atoms with Crippen molar-refractivity contribution in [3.63, 3.8) is 0 Å². The van der Waals surface area contributed by atoms with Crippen LogP contribution in [0.4, 0.5) is 19.0 Å². The zero-order valence-electron chi connectivity index (χ0n) is 16.5. The molecule has 0 radical (unpaired) electrons. The van der Waals surface area contributed by atoms with Gasteiger partial charge in [0.2, 0.25) is 5.91 Å². The largest absolute Gasteiger partial charge is 0.417 e. The number of carbonyl (C=O) groups excluding carboxylic acids is 1. The number of aromatic nitrogens is 1. The summed E-state index contributed by atoms with van der Waals surface area (Å²) in [5.74, 6) is 0.761. The van der Waals surface area contributed by atoms with Crippen molar-refractivity contribution in [3.8, 4) is 0 Å². The van der Waals surface area contributed by atoms with Crippen LogP contribution in [0.2, 0.25) is 5.02 Å². The summed E-state index contributed by atoms with van der Waals surface area (Å²) in [4.78, 5) is 20.6. The second-order valence-electron chi connectivity index (χ2n) is 8.06. The average Bonchev–Trinajstić information content (AvgIpc) is 3.28. The number of hydrogen-bond acceptors (Lipinski definition) is 5. The summed E-state index contributed by atoms with van der Waals surface area (Å²) < 4.78 is 49.6. The zero-order chi connectivity index (χ0) is 21.3. The lowest BCUT2D eigenvalue weighted by Crippen LogP contribution is -2.46. The van der Waals surface area contributed by atoms with Crippen LogP contribution < -0.4 is 4.90 Å². The molecule has 30 heavy (non-hydrogen) atoms. The smallest absolute Gasteiger partial charge is 0.355 e. The van der Waals surface area contributed by atoms with Gasteiger partial charge in [-0.2, -0.15) is 13.2 Å². The zero-order valence-corrected chi connectivity index (χ0v) is 17.3. The van der Waals surface area contributed by atoms with Crippen molar-refractivity contribution in [2.45, 2.75) is 38.1 Å². The molecule has 3 aliphatic rings. The molecule has 4 rings (SSSR count). The molecule has 1 aromatic rings. The van der Waals surface area contributed by atoms with Gasteiger partial charge in [-0.3, -0.25) is 4.79 Å². The Labute approximate surface area is 178 Å². The van der Waals surface area contributed by atoms with Gasteiger partial charge in [-0.25, -0.2) is 4.98 Å². The number of halogens is 4. The number of pyridine rings is 1. The number of hydrogen-bond donors (Lipinski definition) is 0. The molecule has 0 saturated carbocycles. The maximum atomic E-state index is 12.9. The van der Waals surface area contributed by atoms with Gasteiger partial charge < -0.3 is 19.3 Å². The number of piperidine rings is 2. The standard InChI is InChI=1S/C20H25ClF3N3O3/c21-16-11-15(20(22,23)24)12-25-17(16)26-5-1-13(2-6-26)18(28)27-7-3-14(4-8-27)19-29-9-10-30-19/h11-14,19H,1-10H2. The monoisotopic (exact) mass is 447 g/mol. The van der Waals surface area contributed by atoms with Gasteiger partial charge in [-0.1, -0.05) is 11.6 Å². The minimum atomic E-state index is -4.47. The Balaban J connectivity index is 1.29. The van der Waals surface area contributed by atoms with Gasteiger partial charge in [0.15, 0.2) is 6.29 Å². The van der Waals surface area contributed by atoms with Crippen LogP contribution in [0, 0.1) is 11.8 Å². The van der Waals surface area contributed by atoms with Crippen molar-refractivity contribution in [3.05, 3.63) is 22.8 Å². The SMILES string of the molecule is O=C(C1CCN(c2ncc(C(F)(F)F)cc2Cl)CC1)N1CCC(C2OCCO2)CC1. The van der Waals surface area contributed by atoms with Crippen LogP contribution in [0.1, 0.15) is 31.2 Å². The van der Waals surface area contributed by atoms with Crippen LogP contribution in [-0.4, -0.2) is 61.5 Å². The molecule has 0 atom stereocenters. The lowest BCUT2D eigenvalue weighted by molar-refractivity contribution is -0.141. The molecule has 166 valence electrons. The number of anilines is 1. The van der Waals surface area contributed by atoms with Crippen LogP contribution in [-0.2, 0) is 20.4 Å². The molecule has 0 aliphatic carbocycles. The summed E-state index contributed by atoms with van der Waals surface area (Å²) >= 11 is 6.06. The lowest BCUT2D eigenvalue weighted by atomic mass is 9.91. The van der Waals surface area contributed by atoms with E-state index in [-0.39, 0.29) is 23.1 Å². The van der Waals surface area contributed by atoms with Crippen LogP contribution in [0.3, 0.4) is 0 Å². The van der Waals surface area contributed by atoms with Gasteiger partial charge in [-0.05, 0) is 31.7 Å². The molecule has 4 heterocycles. The van der Waals surface area contributed by atoms with Crippen molar-refractivity contribution < 1.29 is 27.4 Å². The Hall–Kier alpha value is -1.58. The number of nitrogens with zero attached hydrogens (tertiary/aromatic N) is 3. The first kappa shape index (κ1) is 21.6. The first-order valence-electron chi connectivity index (χ1n) is 10.3. The molecule has 1 amide bonds. The molecule has 6 nitrogen and oxygen atoms in total. The minimum absolute atomic E-state index is 0.0203. The highest BCUT2D eigenvalue weighted by Gasteiger charge is 2.36. The van der Waals surface area contributed by atoms with Crippen LogP contribution >= 0.6 is 11.6 Å². The lowest BCUT2D eigenvalue weighted by Gasteiger charge is -2.38. The molecular formula is C20H25ClF3N3O3. The van der Waals surface area contributed by atoms with Crippen LogP contribution in [0.15, 0.2) is 12.3 Å². The molecule has 1 aromatic heterocycles. The molecule has 3 fully saturated rings. The maximum absolute atomic E-state index is 12.9. The number of amides is 1. The van der Waals surface area contributed by atoms with E-state index in [4.69, 9.17) is 21.1 Å². The van der Waals surface area contributed by atoms with E-state index in [9.17, 15) is 18.0 Å². The second kappa shape index (κ2) is 8.88. The Morgan fingerprint density at radius 1 is 1.07 bits per heavy atom. The van der Waals surface area contributed by atoms with Gasteiger partial charge in [0.05, 0.1) is 23.8 Å². The fourth-order valence-corrected chi connectivity index (χ4v) is 4.74. The van der Waals surface area contributed by atoms with Crippen molar-refractivity contribution >= 4 is 23.3 Å². The molecular weight excluding hydrogens is 423 g/mol. The Kier molecular flexibility index (Phi) is 6.41. The van der Waals surface area contributed by atoms with E-state index in [2.05, 4.69) is 4.98 Å². The van der Waals surface area contributed by atoms with Crippen molar-refractivity contribution in [2.75, 3.05) is 44.3 Å². The molecule has 3 saturated heterocycles. The third-order valence-corrected chi connectivity index (χ3v) is 6.45. The second-order valence-corrected chi connectivity index (χ2v) is 8.47. The van der Waals surface area contributed by atoms with Crippen molar-refractivity contribution in [1.29, 1.82) is 0 Å². The van der Waals surface area contributed by atoms with E-state index in [1.165, 1.54) is 0 Å². The Bertz CT molecular complexity index is 757. The topological polar surface area (TPSA) is 54.9 Å². The normalized spacial score (nSPS) is 22.7. The van der Waals surface area contributed by atoms with E-state index < -0.39 is 11.7 Å². The van der Waals surface area contributed by atoms with Gasteiger partial charge >= 0.3 is 6.18 Å². The number of ether oxygens (including phenoxy) is 2. The Morgan fingerprint density at radius 2 is 1.70 bits per heavy atom. The summed E-state index contributed by atoms with van der Waals surface area (Å²) in [5, 5.41) is -0.0203. The third kappa shape index (κ3) is 4.68. The molecule has 0 aromatic carbocycles. The summed E-state index contributed by atoms with van der Waals surface area (Å²) in [6.45, 7) is 3.77. The summed E-state index contributed by atoms with van der Waals surface area (Å²) in [5.41, 5.74) is -0.863. The molecule has 0 unspecified atom stereocenters. The highest BCUT2D eigenvalue weighted by Crippen LogP contribution is 2.35. The molecule has 0 spiro atoms. The van der Waals surface area contributed by atoms with E-state index in [0.717, 1.165) is 25.1 Å². The van der Waals surface area contributed by atoms with E-state index in [0.29, 0.717) is 64.0 Å². The fourth-order valence-electron chi connectivity index (χ4n) is 4.46. The summed E-state index contributed by atoms with van der Waals surface area (Å²) in [6, 6.07) is 0.906. The molecule has 0 bridgehead atoms. The predicted octanol–water partition coefficient (Wildman–Crippen LogP) is 3.58. The first-order chi connectivity index (χ1) is 14.3. The molecule has 0 N–H and O–H groups in total. The van der Waals surface area contributed by atoms with E-state index in [1.54, 1.807) is 0 Å². The number of carbonyl (C=O) groups is 1.